The van der Waals surface area contributed by atoms with Crippen LogP contribution in [0, 0.1) is 19.7 Å². The van der Waals surface area contributed by atoms with Gasteiger partial charge < -0.3 is 10.6 Å². The van der Waals surface area contributed by atoms with Crippen molar-refractivity contribution in [2.75, 3.05) is 19.3 Å². The number of hydrogen-bond acceptors (Lipinski definition) is 4. The monoisotopic (exact) mass is 494 g/mol. The maximum atomic E-state index is 13.5. The number of nitrogens with one attached hydrogen (secondary N) is 2. The van der Waals surface area contributed by atoms with E-state index in [0.717, 1.165) is 34.5 Å². The minimum absolute atomic E-state index is 0. The molecule has 2 aromatic rings. The number of halogens is 2. The van der Waals surface area contributed by atoms with Crippen LogP contribution < -0.4 is 10.6 Å². The smallest absolute Gasteiger partial charge is 0.191 e. The van der Waals surface area contributed by atoms with Crippen LogP contribution in [0.5, 0.6) is 0 Å². The number of benzene rings is 1. The summed E-state index contributed by atoms with van der Waals surface area (Å²) in [5.41, 5.74) is 1.84. The van der Waals surface area contributed by atoms with Gasteiger partial charge in [-0.1, -0.05) is 18.2 Å². The summed E-state index contributed by atoms with van der Waals surface area (Å²) >= 11 is 3.40. The van der Waals surface area contributed by atoms with Crippen LogP contribution in [0.15, 0.2) is 29.3 Å². The van der Waals surface area contributed by atoms with Crippen molar-refractivity contribution < 1.29 is 4.39 Å². The molecule has 138 valence electrons. The van der Waals surface area contributed by atoms with Crippen LogP contribution in [0.2, 0.25) is 0 Å². The molecule has 2 N–H and O–H groups in total. The molecule has 1 aromatic heterocycles. The topological polar surface area (TPSA) is 49.3 Å². The second kappa shape index (κ2) is 11.7. The predicted molar refractivity (Wildman–Crippen MR) is 118 cm³/mol. The number of aliphatic imine (C=N–C) groups is 1. The maximum absolute atomic E-state index is 13.5. The van der Waals surface area contributed by atoms with E-state index in [1.807, 2.05) is 19.1 Å². The number of nitrogens with zero attached hydrogens (tertiary/aromatic N) is 2. The first kappa shape index (κ1) is 22.2. The van der Waals surface area contributed by atoms with Gasteiger partial charge in [0.25, 0.3) is 0 Å². The Balaban J connectivity index is 0.00000312. The van der Waals surface area contributed by atoms with Crippen LogP contribution in [0.1, 0.15) is 21.1 Å². The molecule has 1 heterocycles. The molecule has 0 spiro atoms. The SMILES string of the molecule is CN=C(NCCSCc1ccccc1F)NCc1nc(C)c(C)s1.I. The Labute approximate surface area is 174 Å². The summed E-state index contributed by atoms with van der Waals surface area (Å²) in [5.74, 6) is 2.18. The van der Waals surface area contributed by atoms with E-state index in [4.69, 9.17) is 0 Å². The summed E-state index contributed by atoms with van der Waals surface area (Å²) in [6, 6.07) is 6.91. The standard InChI is InChI=1S/C17H23FN4S2.HI/c1-12-13(2)24-16(22-12)10-21-17(19-3)20-8-9-23-11-14-6-4-5-7-15(14)18;/h4-7H,8-11H2,1-3H3,(H2,19,20,21);1H. The molecule has 0 unspecified atom stereocenters. The van der Waals surface area contributed by atoms with Gasteiger partial charge in [-0.15, -0.1) is 35.3 Å². The van der Waals surface area contributed by atoms with Crippen molar-refractivity contribution in [1.29, 1.82) is 0 Å². The fourth-order valence-electron chi connectivity index (χ4n) is 2.03. The first-order valence-electron chi connectivity index (χ1n) is 7.78. The van der Waals surface area contributed by atoms with Gasteiger partial charge in [-0.25, -0.2) is 9.37 Å². The largest absolute Gasteiger partial charge is 0.356 e. The van der Waals surface area contributed by atoms with E-state index < -0.39 is 0 Å². The van der Waals surface area contributed by atoms with Crippen LogP contribution in [0.4, 0.5) is 4.39 Å². The lowest BCUT2D eigenvalue weighted by atomic mass is 10.2. The summed E-state index contributed by atoms with van der Waals surface area (Å²) in [4.78, 5) is 9.96. The Kier molecular flexibility index (Phi) is 10.4. The average Bonchev–Trinajstić information content (AvgIpc) is 2.90. The maximum Gasteiger partial charge on any atom is 0.191 e. The number of hydrogen-bond donors (Lipinski definition) is 2. The molecule has 2 rings (SSSR count). The minimum atomic E-state index is -0.135. The summed E-state index contributed by atoms with van der Waals surface area (Å²) < 4.78 is 13.5. The summed E-state index contributed by atoms with van der Waals surface area (Å²) in [6.45, 7) is 5.54. The number of thioether (sulfide) groups is 1. The normalized spacial score (nSPS) is 11.1. The van der Waals surface area contributed by atoms with Gasteiger partial charge in [-0.2, -0.15) is 11.8 Å². The molecule has 0 radical (unpaired) electrons. The molecule has 0 saturated carbocycles. The van der Waals surface area contributed by atoms with Crippen molar-refractivity contribution in [2.24, 2.45) is 4.99 Å². The highest BCUT2D eigenvalue weighted by molar-refractivity contribution is 14.0. The third kappa shape index (κ3) is 7.49. The summed E-state index contributed by atoms with van der Waals surface area (Å²) in [5, 5.41) is 7.58. The summed E-state index contributed by atoms with van der Waals surface area (Å²) in [6.07, 6.45) is 0. The van der Waals surface area contributed by atoms with Crippen molar-refractivity contribution in [3.8, 4) is 0 Å². The van der Waals surface area contributed by atoms with Gasteiger partial charge in [0.2, 0.25) is 0 Å². The van der Waals surface area contributed by atoms with Gasteiger partial charge >= 0.3 is 0 Å². The number of guanidine groups is 1. The molecule has 25 heavy (non-hydrogen) atoms. The lowest BCUT2D eigenvalue weighted by Crippen LogP contribution is -2.37. The van der Waals surface area contributed by atoms with E-state index in [0.29, 0.717) is 12.3 Å². The molecule has 0 bridgehead atoms. The van der Waals surface area contributed by atoms with Gasteiger partial charge in [0, 0.05) is 30.0 Å². The fourth-order valence-corrected chi connectivity index (χ4v) is 3.75. The number of aromatic nitrogens is 1. The molecule has 4 nitrogen and oxygen atoms in total. The molecule has 8 heteroatoms. The second-order valence-corrected chi connectivity index (χ2v) is 7.64. The molecule has 0 saturated heterocycles. The van der Waals surface area contributed by atoms with Gasteiger partial charge in [0.05, 0.1) is 12.2 Å². The Hall–Kier alpha value is -0.870. The Bertz CT molecular complexity index is 672. The second-order valence-electron chi connectivity index (χ2n) is 5.25. The van der Waals surface area contributed by atoms with E-state index in [1.165, 1.54) is 10.9 Å². The van der Waals surface area contributed by atoms with Gasteiger partial charge in [-0.3, -0.25) is 4.99 Å². The molecule has 0 aliphatic carbocycles. The molecule has 0 aliphatic rings. The van der Waals surface area contributed by atoms with Crippen molar-refractivity contribution in [3.63, 3.8) is 0 Å². The van der Waals surface area contributed by atoms with Crippen LogP contribution in [0.3, 0.4) is 0 Å². The molecule has 1 aromatic carbocycles. The van der Waals surface area contributed by atoms with Crippen LogP contribution in [0.25, 0.3) is 0 Å². The van der Waals surface area contributed by atoms with Crippen LogP contribution in [-0.2, 0) is 12.3 Å². The highest BCUT2D eigenvalue weighted by Gasteiger charge is 2.05. The van der Waals surface area contributed by atoms with Crippen LogP contribution in [-0.4, -0.2) is 30.3 Å². The molecule has 0 amide bonds. The predicted octanol–water partition coefficient (Wildman–Crippen LogP) is 4.12. The first-order valence-corrected chi connectivity index (χ1v) is 9.76. The van der Waals surface area contributed by atoms with Crippen molar-refractivity contribution in [3.05, 3.63) is 51.2 Å². The van der Waals surface area contributed by atoms with E-state index in [1.54, 1.807) is 36.2 Å². The first-order chi connectivity index (χ1) is 11.6. The summed E-state index contributed by atoms with van der Waals surface area (Å²) in [7, 11) is 1.75. The molecular formula is C17H24FIN4S2. The highest BCUT2D eigenvalue weighted by Crippen LogP contribution is 2.16. The average molecular weight is 494 g/mol. The van der Waals surface area contributed by atoms with E-state index in [9.17, 15) is 4.39 Å². The third-order valence-corrected chi connectivity index (χ3v) is 5.54. The Morgan fingerprint density at radius 2 is 2.04 bits per heavy atom. The highest BCUT2D eigenvalue weighted by atomic mass is 127. The fraction of sp³-hybridized carbons (Fsp3) is 0.412. The van der Waals surface area contributed by atoms with Crippen LogP contribution >= 0.6 is 47.1 Å². The number of aryl methyl sites for hydroxylation is 2. The molecule has 0 aliphatic heterocycles. The van der Waals surface area contributed by atoms with Crippen molar-refractivity contribution in [2.45, 2.75) is 26.1 Å². The van der Waals surface area contributed by atoms with E-state index >= 15 is 0 Å². The molecule has 0 atom stereocenters. The minimum Gasteiger partial charge on any atom is -0.356 e. The van der Waals surface area contributed by atoms with E-state index in [-0.39, 0.29) is 29.8 Å². The van der Waals surface area contributed by atoms with Gasteiger partial charge in [0.15, 0.2) is 5.96 Å². The number of thiazole rings is 1. The van der Waals surface area contributed by atoms with E-state index in [2.05, 4.69) is 27.5 Å². The molecule has 0 fully saturated rings. The zero-order chi connectivity index (χ0) is 17.4. The van der Waals surface area contributed by atoms with Gasteiger partial charge in [-0.05, 0) is 25.5 Å². The zero-order valence-electron chi connectivity index (χ0n) is 14.6. The lowest BCUT2D eigenvalue weighted by molar-refractivity contribution is 0.617. The quantitative estimate of drug-likeness (QED) is 0.263. The lowest BCUT2D eigenvalue weighted by Gasteiger charge is -2.10. The molecular weight excluding hydrogens is 470 g/mol. The van der Waals surface area contributed by atoms with Gasteiger partial charge in [0.1, 0.15) is 10.8 Å². The third-order valence-electron chi connectivity index (χ3n) is 3.46. The Morgan fingerprint density at radius 3 is 2.68 bits per heavy atom. The van der Waals surface area contributed by atoms with Crippen molar-refractivity contribution in [1.82, 2.24) is 15.6 Å². The zero-order valence-corrected chi connectivity index (χ0v) is 18.6. The number of rotatable bonds is 7. The van der Waals surface area contributed by atoms with Crippen molar-refractivity contribution >= 4 is 53.0 Å². The Morgan fingerprint density at radius 1 is 1.28 bits per heavy atom.